The van der Waals surface area contributed by atoms with E-state index in [0.29, 0.717) is 0 Å². The highest BCUT2D eigenvalue weighted by atomic mass is 32.2. The molecule has 5 rings (SSSR count). The summed E-state index contributed by atoms with van der Waals surface area (Å²) in [6.45, 7) is 4.37. The summed E-state index contributed by atoms with van der Waals surface area (Å²) in [7, 11) is -4.58. The number of nitriles is 1. The van der Waals surface area contributed by atoms with Crippen LogP contribution in [0.25, 0.3) is 16.3 Å². The number of hydrogen-bond acceptors (Lipinski definition) is 9. The first-order chi connectivity index (χ1) is 18.3. The van der Waals surface area contributed by atoms with Gasteiger partial charge < -0.3 is 9.80 Å². The normalized spacial score (nSPS) is 17.6. The molecule has 1 aliphatic carbocycles. The number of imidazole rings is 1. The molecule has 0 radical (unpaired) electrons. The molecule has 1 aliphatic heterocycles. The van der Waals surface area contributed by atoms with E-state index in [0.717, 1.165) is 10.6 Å². The minimum Gasteiger partial charge on any atom is -0.364 e. The molecular weight excluding hydrogens is 564 g/mol. The molecule has 17 heteroatoms. The fourth-order valence-corrected chi connectivity index (χ4v) is 6.49. The van der Waals surface area contributed by atoms with Crippen LogP contribution in [0.5, 0.6) is 0 Å². The summed E-state index contributed by atoms with van der Waals surface area (Å²) in [6, 6.07) is 1.88. The first-order valence-electron chi connectivity index (χ1n) is 11.9. The number of carbonyl (C=O) groups is 1. The Morgan fingerprint density at radius 2 is 1.87 bits per heavy atom. The van der Waals surface area contributed by atoms with Crippen LogP contribution in [0.3, 0.4) is 0 Å². The van der Waals surface area contributed by atoms with Gasteiger partial charge in [0, 0.05) is 38.3 Å². The smallest absolute Gasteiger partial charge is 0.364 e. The average Bonchev–Trinajstić information content (AvgIpc) is 3.26. The number of piperazine rings is 1. The van der Waals surface area contributed by atoms with Gasteiger partial charge in [0.15, 0.2) is 16.6 Å². The second-order valence-electron chi connectivity index (χ2n) is 9.67. The second-order valence-corrected chi connectivity index (χ2v) is 12.3. The van der Waals surface area contributed by atoms with Crippen molar-refractivity contribution < 1.29 is 30.8 Å². The molecule has 1 amide bonds. The van der Waals surface area contributed by atoms with Crippen molar-refractivity contribution in [2.45, 2.75) is 43.3 Å². The van der Waals surface area contributed by atoms with Gasteiger partial charge in [0.05, 0.1) is 17.8 Å². The lowest BCUT2D eigenvalue weighted by molar-refractivity contribution is -0.138. The van der Waals surface area contributed by atoms with E-state index in [1.54, 1.807) is 23.6 Å². The fraction of sp³-hybridized carbons (Fsp3) is 0.500. The summed E-state index contributed by atoms with van der Waals surface area (Å²) in [4.78, 5) is 18.9. The summed E-state index contributed by atoms with van der Waals surface area (Å²) in [5, 5.41) is 14.6. The van der Waals surface area contributed by atoms with Crippen LogP contribution >= 0.6 is 11.3 Å². The molecule has 1 saturated heterocycles. The zero-order valence-corrected chi connectivity index (χ0v) is 22.3. The van der Waals surface area contributed by atoms with Gasteiger partial charge in [-0.25, -0.2) is 17.8 Å². The molecule has 208 valence electrons. The number of aromatic nitrogens is 4. The fourth-order valence-electron chi connectivity index (χ4n) is 4.33. The Balaban J connectivity index is 1.63. The maximum Gasteiger partial charge on any atom is 0.445 e. The number of nitrogens with zero attached hydrogens (tertiary/aromatic N) is 7. The minimum absolute atomic E-state index is 0.0737. The van der Waals surface area contributed by atoms with Crippen molar-refractivity contribution >= 4 is 38.5 Å². The second kappa shape index (κ2) is 9.38. The molecule has 2 fully saturated rings. The van der Waals surface area contributed by atoms with Gasteiger partial charge >= 0.3 is 6.18 Å². The number of hydrogen-bond donors (Lipinski definition) is 1. The van der Waals surface area contributed by atoms with E-state index in [2.05, 4.69) is 19.9 Å². The number of carbonyl (C=O) groups excluding carboxylic acids is 1. The molecule has 4 heterocycles. The summed E-state index contributed by atoms with van der Waals surface area (Å²) in [6.07, 6.45) is -2.10. The predicted octanol–water partition coefficient (Wildman–Crippen LogP) is 2.65. The molecule has 1 saturated carbocycles. The number of alkyl halides is 3. The number of amides is 1. The highest BCUT2D eigenvalue weighted by molar-refractivity contribution is 7.89. The van der Waals surface area contributed by atoms with Crippen molar-refractivity contribution in [2.75, 3.05) is 31.1 Å². The van der Waals surface area contributed by atoms with Crippen LogP contribution < -0.4 is 9.62 Å². The SMILES string of the molecule is CC(C)C(=O)N1CCN(c2c(F)c(S(=O)(=O)NC3(C#N)CC3)cn3c(-c4nnc(C(F)(F)F)s4)ncc23)CC1. The lowest BCUT2D eigenvalue weighted by Gasteiger charge is -2.37. The monoisotopic (exact) mass is 586 g/mol. The van der Waals surface area contributed by atoms with E-state index in [-0.39, 0.29) is 84.2 Å². The number of anilines is 1. The Morgan fingerprint density at radius 1 is 1.21 bits per heavy atom. The average molecular weight is 587 g/mol. The molecule has 0 bridgehead atoms. The number of fused-ring (bicyclic) bond motifs is 1. The van der Waals surface area contributed by atoms with Crippen LogP contribution in [0.2, 0.25) is 0 Å². The molecular formula is C22H22F4N8O3S2. The van der Waals surface area contributed by atoms with Crippen molar-refractivity contribution in [3.63, 3.8) is 0 Å². The number of nitrogens with one attached hydrogen (secondary N) is 1. The molecule has 0 atom stereocenters. The first kappa shape index (κ1) is 27.2. The van der Waals surface area contributed by atoms with Crippen LogP contribution in [0.4, 0.5) is 23.2 Å². The van der Waals surface area contributed by atoms with Crippen LogP contribution in [0, 0.1) is 23.1 Å². The third-order valence-electron chi connectivity index (χ3n) is 6.55. The van der Waals surface area contributed by atoms with Gasteiger partial charge in [0.1, 0.15) is 16.1 Å². The molecule has 11 nitrogen and oxygen atoms in total. The highest BCUT2D eigenvalue weighted by Gasteiger charge is 2.47. The van der Waals surface area contributed by atoms with Gasteiger partial charge in [-0.05, 0) is 12.8 Å². The molecule has 2 aliphatic rings. The summed E-state index contributed by atoms with van der Waals surface area (Å²) in [5.74, 6) is -1.58. The Kier molecular flexibility index (Phi) is 6.55. The summed E-state index contributed by atoms with van der Waals surface area (Å²) < 4.78 is 85.5. The summed E-state index contributed by atoms with van der Waals surface area (Å²) in [5.41, 5.74) is -1.40. The van der Waals surface area contributed by atoms with E-state index in [9.17, 15) is 31.6 Å². The van der Waals surface area contributed by atoms with Gasteiger partial charge in [-0.15, -0.1) is 10.2 Å². The minimum atomic E-state index is -4.75. The molecule has 0 aromatic carbocycles. The molecule has 1 N–H and O–H groups in total. The van der Waals surface area contributed by atoms with Crippen LogP contribution in [0.1, 0.15) is 31.7 Å². The van der Waals surface area contributed by atoms with Crippen molar-refractivity contribution in [2.24, 2.45) is 5.92 Å². The van der Waals surface area contributed by atoms with Crippen LogP contribution in [-0.4, -0.2) is 70.5 Å². The van der Waals surface area contributed by atoms with Crippen molar-refractivity contribution in [3.05, 3.63) is 23.2 Å². The molecule has 3 aromatic rings. The van der Waals surface area contributed by atoms with Gasteiger partial charge in [-0.2, -0.15) is 23.2 Å². The van der Waals surface area contributed by atoms with Gasteiger partial charge in [0.2, 0.25) is 20.9 Å². The zero-order valence-electron chi connectivity index (χ0n) is 20.7. The first-order valence-corrected chi connectivity index (χ1v) is 14.2. The summed E-state index contributed by atoms with van der Waals surface area (Å²) >= 11 is 0.211. The van der Waals surface area contributed by atoms with Crippen molar-refractivity contribution in [1.29, 1.82) is 5.26 Å². The number of halogens is 4. The molecule has 0 unspecified atom stereocenters. The largest absolute Gasteiger partial charge is 0.445 e. The number of pyridine rings is 1. The van der Waals surface area contributed by atoms with Crippen LogP contribution in [0.15, 0.2) is 17.3 Å². The Labute approximate surface area is 224 Å². The van der Waals surface area contributed by atoms with Gasteiger partial charge in [-0.3, -0.25) is 9.20 Å². The number of rotatable bonds is 6. The van der Waals surface area contributed by atoms with E-state index < -0.39 is 37.5 Å². The van der Waals surface area contributed by atoms with E-state index in [4.69, 9.17) is 0 Å². The molecule has 3 aromatic heterocycles. The third kappa shape index (κ3) is 4.92. The Morgan fingerprint density at radius 3 is 2.41 bits per heavy atom. The quantitative estimate of drug-likeness (QED) is 0.436. The van der Waals surface area contributed by atoms with Crippen LogP contribution in [-0.2, 0) is 21.0 Å². The molecule has 0 spiro atoms. The van der Waals surface area contributed by atoms with E-state index in [1.165, 1.54) is 6.20 Å². The number of sulfonamides is 1. The third-order valence-corrected chi connectivity index (χ3v) is 9.04. The molecule has 39 heavy (non-hydrogen) atoms. The van der Waals surface area contributed by atoms with Gasteiger partial charge in [0.25, 0.3) is 0 Å². The lowest BCUT2D eigenvalue weighted by atomic mass is 10.1. The maximum atomic E-state index is 16.1. The Hall–Kier alpha value is -3.36. The zero-order chi connectivity index (χ0) is 28.3. The maximum absolute atomic E-state index is 16.1. The van der Waals surface area contributed by atoms with E-state index >= 15 is 4.39 Å². The topological polar surface area (TPSA) is 137 Å². The lowest BCUT2D eigenvalue weighted by Crippen LogP contribution is -2.50. The Bertz CT molecular complexity index is 1600. The van der Waals surface area contributed by atoms with Crippen molar-refractivity contribution in [1.82, 2.24) is 29.2 Å². The predicted molar refractivity (Wildman–Crippen MR) is 131 cm³/mol. The standard InChI is InChI=1S/C22H22F4N8O3S2/c1-12(2)19(35)33-7-5-32(6-8-33)16-13-9-28-17(18-29-30-20(38-18)22(24,25)26)34(13)10-14(15(16)23)39(36,37)31-21(11-27)3-4-21/h9-10,12,31H,3-8H2,1-2H3. The van der Waals surface area contributed by atoms with E-state index in [1.807, 2.05) is 6.07 Å². The van der Waals surface area contributed by atoms with Crippen molar-refractivity contribution in [3.8, 4) is 16.9 Å². The highest BCUT2D eigenvalue weighted by Crippen LogP contribution is 2.40. The van der Waals surface area contributed by atoms with Gasteiger partial charge in [-0.1, -0.05) is 25.2 Å².